The molecule has 0 atom stereocenters. The van der Waals surface area contributed by atoms with Crippen LogP contribution in [0.5, 0.6) is 5.88 Å². The Kier molecular flexibility index (Phi) is 3.76. The molecule has 2 amide bonds. The van der Waals surface area contributed by atoms with Crippen molar-refractivity contribution in [3.8, 4) is 5.88 Å². The van der Waals surface area contributed by atoms with Gasteiger partial charge in [-0.15, -0.1) is 0 Å². The van der Waals surface area contributed by atoms with Gasteiger partial charge in [0, 0.05) is 6.07 Å². The first kappa shape index (κ1) is 14.7. The van der Waals surface area contributed by atoms with Gasteiger partial charge < -0.3 is 10.1 Å². The lowest BCUT2D eigenvalue weighted by atomic mass is 10.1. The highest BCUT2D eigenvalue weighted by Crippen LogP contribution is 2.28. The molecule has 116 valence electrons. The zero-order valence-electron chi connectivity index (χ0n) is 12.3. The number of benzene rings is 1. The van der Waals surface area contributed by atoms with Crippen molar-refractivity contribution in [3.63, 3.8) is 0 Å². The first-order valence-electron chi connectivity index (χ1n) is 6.85. The average molecular weight is 311 g/mol. The van der Waals surface area contributed by atoms with Crippen LogP contribution in [0.15, 0.2) is 42.6 Å². The van der Waals surface area contributed by atoms with E-state index in [4.69, 9.17) is 4.74 Å². The fraction of sp³-hybridized carbons (Fsp3) is 0.125. The number of nitrogens with one attached hydrogen (secondary N) is 1. The molecule has 23 heavy (non-hydrogen) atoms. The summed E-state index contributed by atoms with van der Waals surface area (Å²) in [7, 11) is 1.49. The number of hydrogen-bond acceptors (Lipinski definition) is 5. The van der Waals surface area contributed by atoms with E-state index in [1.807, 2.05) is 0 Å². The van der Waals surface area contributed by atoms with Crippen LogP contribution in [-0.2, 0) is 9.59 Å². The Balaban J connectivity index is 1.72. The number of methoxy groups -OCH3 is 1. The molecule has 1 aliphatic rings. The average Bonchev–Trinajstić information content (AvgIpc) is 2.81. The second kappa shape index (κ2) is 5.88. The molecule has 1 N–H and O–H groups in total. The molecule has 0 spiro atoms. The van der Waals surface area contributed by atoms with Gasteiger partial charge in [-0.2, -0.15) is 0 Å². The topological polar surface area (TPSA) is 88.6 Å². The van der Waals surface area contributed by atoms with Crippen LogP contribution >= 0.6 is 0 Å². The maximum absolute atomic E-state index is 12.1. The molecule has 3 rings (SSSR count). The van der Waals surface area contributed by atoms with Crippen LogP contribution < -0.4 is 15.0 Å². The molecule has 7 heteroatoms. The molecular weight excluding hydrogens is 298 g/mol. The zero-order valence-corrected chi connectivity index (χ0v) is 12.3. The Hall–Kier alpha value is -3.22. The summed E-state index contributed by atoms with van der Waals surface area (Å²) in [6.45, 7) is -0.242. The molecule has 0 saturated carbocycles. The SMILES string of the molecule is COc1ccc(NC(=O)CN2C(=O)C(=O)c3ccccc32)cn1. The number of amides is 2. The van der Waals surface area contributed by atoms with Crippen molar-refractivity contribution in [2.75, 3.05) is 23.9 Å². The molecule has 2 heterocycles. The first-order chi connectivity index (χ1) is 11.1. The predicted octanol–water partition coefficient (Wildman–Crippen LogP) is 1.26. The number of pyridine rings is 1. The molecule has 1 aromatic carbocycles. The van der Waals surface area contributed by atoms with Crippen LogP contribution in [0.25, 0.3) is 0 Å². The van der Waals surface area contributed by atoms with Gasteiger partial charge in [0.15, 0.2) is 0 Å². The van der Waals surface area contributed by atoms with Crippen LogP contribution in [0, 0.1) is 0 Å². The van der Waals surface area contributed by atoms with E-state index < -0.39 is 17.6 Å². The van der Waals surface area contributed by atoms with Crippen molar-refractivity contribution in [3.05, 3.63) is 48.2 Å². The first-order valence-corrected chi connectivity index (χ1v) is 6.85. The predicted molar refractivity (Wildman–Crippen MR) is 82.5 cm³/mol. The number of aromatic nitrogens is 1. The number of carbonyl (C=O) groups excluding carboxylic acids is 3. The third-order valence-electron chi connectivity index (χ3n) is 3.41. The number of ketones is 1. The monoisotopic (exact) mass is 311 g/mol. The van der Waals surface area contributed by atoms with Gasteiger partial charge in [0.25, 0.3) is 11.7 Å². The molecule has 0 aliphatic carbocycles. The Bertz CT molecular complexity index is 786. The highest BCUT2D eigenvalue weighted by atomic mass is 16.5. The summed E-state index contributed by atoms with van der Waals surface area (Å²) in [5, 5.41) is 2.62. The van der Waals surface area contributed by atoms with E-state index in [1.54, 1.807) is 36.4 Å². The summed E-state index contributed by atoms with van der Waals surface area (Å²) < 4.78 is 4.93. The molecule has 0 unspecified atom stereocenters. The molecular formula is C16H13N3O4. The molecule has 0 radical (unpaired) electrons. The fourth-order valence-electron chi connectivity index (χ4n) is 2.32. The lowest BCUT2D eigenvalue weighted by molar-refractivity contribution is -0.118. The normalized spacial score (nSPS) is 13.0. The summed E-state index contributed by atoms with van der Waals surface area (Å²) in [4.78, 5) is 41.1. The number of fused-ring (bicyclic) bond motifs is 1. The smallest absolute Gasteiger partial charge is 0.299 e. The van der Waals surface area contributed by atoms with Gasteiger partial charge in [-0.1, -0.05) is 12.1 Å². The lowest BCUT2D eigenvalue weighted by Gasteiger charge is -2.16. The third-order valence-corrected chi connectivity index (χ3v) is 3.41. The van der Waals surface area contributed by atoms with Crippen LogP contribution in [0.3, 0.4) is 0 Å². The summed E-state index contributed by atoms with van der Waals surface area (Å²) >= 11 is 0. The second-order valence-electron chi connectivity index (χ2n) is 4.87. The minimum atomic E-state index is -0.700. The van der Waals surface area contributed by atoms with E-state index in [1.165, 1.54) is 18.2 Å². The highest BCUT2D eigenvalue weighted by Gasteiger charge is 2.36. The Morgan fingerprint density at radius 3 is 2.70 bits per heavy atom. The van der Waals surface area contributed by atoms with E-state index in [0.717, 1.165) is 0 Å². The fourth-order valence-corrected chi connectivity index (χ4v) is 2.32. The number of rotatable bonds is 4. The minimum absolute atomic E-state index is 0.242. The number of ether oxygens (including phenoxy) is 1. The zero-order chi connectivity index (χ0) is 16.4. The number of carbonyl (C=O) groups is 3. The van der Waals surface area contributed by atoms with Gasteiger partial charge in [-0.3, -0.25) is 19.3 Å². The van der Waals surface area contributed by atoms with Crippen molar-refractivity contribution in [2.45, 2.75) is 0 Å². The molecule has 1 aromatic heterocycles. The molecule has 0 saturated heterocycles. The molecule has 0 bridgehead atoms. The van der Waals surface area contributed by atoms with Crippen molar-refractivity contribution in [1.82, 2.24) is 4.98 Å². The highest BCUT2D eigenvalue weighted by molar-refractivity contribution is 6.52. The van der Waals surface area contributed by atoms with E-state index in [0.29, 0.717) is 22.8 Å². The number of nitrogens with zero attached hydrogens (tertiary/aromatic N) is 2. The van der Waals surface area contributed by atoms with Crippen molar-refractivity contribution < 1.29 is 19.1 Å². The van der Waals surface area contributed by atoms with Crippen molar-refractivity contribution in [2.24, 2.45) is 0 Å². The van der Waals surface area contributed by atoms with E-state index in [9.17, 15) is 14.4 Å². The van der Waals surface area contributed by atoms with Crippen LogP contribution in [0.4, 0.5) is 11.4 Å². The summed E-state index contributed by atoms with van der Waals surface area (Å²) in [6.07, 6.45) is 1.45. The number of Topliss-reactive ketones (excluding diaryl/α,β-unsaturated/α-hetero) is 1. The number of para-hydroxylation sites is 1. The van der Waals surface area contributed by atoms with Crippen LogP contribution in [0.1, 0.15) is 10.4 Å². The third kappa shape index (κ3) is 2.76. The molecule has 7 nitrogen and oxygen atoms in total. The van der Waals surface area contributed by atoms with Gasteiger partial charge >= 0.3 is 0 Å². The van der Waals surface area contributed by atoms with E-state index in [-0.39, 0.29) is 6.54 Å². The largest absolute Gasteiger partial charge is 0.481 e. The van der Waals surface area contributed by atoms with Gasteiger partial charge in [0.1, 0.15) is 6.54 Å². The number of anilines is 2. The standard InChI is InChI=1S/C16H13N3O4/c1-23-14-7-6-10(8-17-14)18-13(20)9-19-12-5-3-2-4-11(12)15(21)16(19)22/h2-8H,9H2,1H3,(H,18,20). The summed E-state index contributed by atoms with van der Waals surface area (Å²) in [5.41, 5.74) is 1.24. The lowest BCUT2D eigenvalue weighted by Crippen LogP contribution is -2.37. The van der Waals surface area contributed by atoms with E-state index >= 15 is 0 Å². The molecule has 2 aromatic rings. The van der Waals surface area contributed by atoms with Gasteiger partial charge in [-0.05, 0) is 18.2 Å². The summed E-state index contributed by atoms with van der Waals surface area (Å²) in [5.74, 6) is -1.29. The Labute approximate surface area is 131 Å². The van der Waals surface area contributed by atoms with Crippen LogP contribution in [-0.4, -0.2) is 36.2 Å². The van der Waals surface area contributed by atoms with E-state index in [2.05, 4.69) is 10.3 Å². The van der Waals surface area contributed by atoms with Crippen molar-refractivity contribution in [1.29, 1.82) is 0 Å². The molecule has 0 fully saturated rings. The number of hydrogen-bond donors (Lipinski definition) is 1. The maximum atomic E-state index is 12.1. The van der Waals surface area contributed by atoms with Gasteiger partial charge in [0.2, 0.25) is 11.8 Å². The quantitative estimate of drug-likeness (QED) is 0.859. The van der Waals surface area contributed by atoms with Crippen LogP contribution in [0.2, 0.25) is 0 Å². The van der Waals surface area contributed by atoms with Gasteiger partial charge in [0.05, 0.1) is 30.2 Å². The van der Waals surface area contributed by atoms with Gasteiger partial charge in [-0.25, -0.2) is 4.98 Å². The van der Waals surface area contributed by atoms with Crippen molar-refractivity contribution >= 4 is 29.0 Å². The Morgan fingerprint density at radius 1 is 1.22 bits per heavy atom. The summed E-state index contributed by atoms with van der Waals surface area (Å²) in [6, 6.07) is 9.84. The second-order valence-corrected chi connectivity index (χ2v) is 4.87. The molecule has 1 aliphatic heterocycles. The minimum Gasteiger partial charge on any atom is -0.481 e. The maximum Gasteiger partial charge on any atom is 0.299 e. The Morgan fingerprint density at radius 2 is 2.00 bits per heavy atom.